The summed E-state index contributed by atoms with van der Waals surface area (Å²) in [6.45, 7) is 3.64. The quantitative estimate of drug-likeness (QED) is 0.561. The molecule has 0 spiro atoms. The van der Waals surface area contributed by atoms with E-state index in [1.807, 2.05) is 30.3 Å². The van der Waals surface area contributed by atoms with Crippen LogP contribution >= 0.6 is 0 Å². The topological polar surface area (TPSA) is 72.7 Å². The Bertz CT molecular complexity index is 850. The van der Waals surface area contributed by atoms with E-state index in [0.717, 1.165) is 36.9 Å². The maximum Gasteiger partial charge on any atom is 0.191 e. The average Bonchev–Trinajstić information content (AvgIpc) is 3.31. The largest absolute Gasteiger partial charge is 0.497 e. The maximum atomic E-state index is 8.92. The third-order valence-corrected chi connectivity index (χ3v) is 5.29. The van der Waals surface area contributed by atoms with Crippen LogP contribution in [0.3, 0.4) is 0 Å². The van der Waals surface area contributed by atoms with E-state index in [2.05, 4.69) is 44.8 Å². The van der Waals surface area contributed by atoms with Crippen LogP contribution in [-0.2, 0) is 6.54 Å². The van der Waals surface area contributed by atoms with Crippen LogP contribution in [0.1, 0.15) is 35.6 Å². The number of aliphatic imine (C=N–C) groups is 1. The number of hydrogen-bond donors (Lipinski definition) is 2. The molecule has 29 heavy (non-hydrogen) atoms. The lowest BCUT2D eigenvalue weighted by Gasteiger charge is -2.29. The molecule has 6 heteroatoms. The maximum absolute atomic E-state index is 8.92. The summed E-state index contributed by atoms with van der Waals surface area (Å²) in [6.07, 6.45) is 2.48. The van der Waals surface area contributed by atoms with Crippen LogP contribution < -0.4 is 15.4 Å². The Labute approximate surface area is 173 Å². The molecule has 1 fully saturated rings. The highest BCUT2D eigenvalue weighted by molar-refractivity contribution is 5.79. The van der Waals surface area contributed by atoms with Crippen molar-refractivity contribution in [2.75, 3.05) is 33.8 Å². The molecule has 0 amide bonds. The van der Waals surface area contributed by atoms with E-state index in [0.29, 0.717) is 12.1 Å². The first kappa shape index (κ1) is 20.7. The van der Waals surface area contributed by atoms with Gasteiger partial charge in [0.1, 0.15) is 5.75 Å². The number of hydrogen-bond acceptors (Lipinski definition) is 4. The van der Waals surface area contributed by atoms with Crippen molar-refractivity contribution in [2.24, 2.45) is 4.99 Å². The Kier molecular flexibility index (Phi) is 7.48. The van der Waals surface area contributed by atoms with Gasteiger partial charge in [-0.05, 0) is 61.3 Å². The summed E-state index contributed by atoms with van der Waals surface area (Å²) in [7, 11) is 3.49. The van der Waals surface area contributed by atoms with E-state index in [9.17, 15) is 0 Å². The minimum Gasteiger partial charge on any atom is -0.497 e. The van der Waals surface area contributed by atoms with Gasteiger partial charge in [0.25, 0.3) is 0 Å². The first-order valence-corrected chi connectivity index (χ1v) is 10.0. The second-order valence-corrected chi connectivity index (χ2v) is 7.15. The van der Waals surface area contributed by atoms with Gasteiger partial charge in [-0.2, -0.15) is 5.26 Å². The molecule has 0 aliphatic carbocycles. The molecule has 152 valence electrons. The van der Waals surface area contributed by atoms with Gasteiger partial charge >= 0.3 is 0 Å². The number of guanidine groups is 1. The summed E-state index contributed by atoms with van der Waals surface area (Å²) in [5.74, 6) is 1.65. The number of methoxy groups -OCH3 is 1. The van der Waals surface area contributed by atoms with Crippen molar-refractivity contribution >= 4 is 5.96 Å². The highest BCUT2D eigenvalue weighted by Gasteiger charge is 2.24. The van der Waals surface area contributed by atoms with Crippen LogP contribution in [0, 0.1) is 11.3 Å². The van der Waals surface area contributed by atoms with Gasteiger partial charge in [-0.25, -0.2) is 0 Å². The smallest absolute Gasteiger partial charge is 0.191 e. The molecule has 1 saturated heterocycles. The number of nitriles is 1. The summed E-state index contributed by atoms with van der Waals surface area (Å²) in [4.78, 5) is 6.89. The third kappa shape index (κ3) is 5.72. The van der Waals surface area contributed by atoms with E-state index in [1.165, 1.54) is 18.4 Å². The number of nitrogens with zero attached hydrogens (tertiary/aromatic N) is 3. The molecule has 0 bridgehead atoms. The molecule has 1 heterocycles. The van der Waals surface area contributed by atoms with Gasteiger partial charge in [-0.1, -0.05) is 24.3 Å². The zero-order valence-electron chi connectivity index (χ0n) is 17.2. The summed E-state index contributed by atoms with van der Waals surface area (Å²) in [6, 6.07) is 18.3. The highest BCUT2D eigenvalue weighted by Crippen LogP contribution is 2.27. The van der Waals surface area contributed by atoms with Gasteiger partial charge in [0.15, 0.2) is 5.96 Å². The molecule has 1 aliphatic rings. The Balaban J connectivity index is 1.62. The number of nitrogens with one attached hydrogen (secondary N) is 2. The van der Waals surface area contributed by atoms with Crippen molar-refractivity contribution in [3.8, 4) is 11.8 Å². The lowest BCUT2D eigenvalue weighted by molar-refractivity contribution is 0.245. The summed E-state index contributed by atoms with van der Waals surface area (Å²) >= 11 is 0. The van der Waals surface area contributed by atoms with Crippen LogP contribution in [0.5, 0.6) is 5.75 Å². The van der Waals surface area contributed by atoms with Gasteiger partial charge in [0.05, 0.1) is 24.8 Å². The minimum atomic E-state index is 0.265. The van der Waals surface area contributed by atoms with E-state index < -0.39 is 0 Å². The SMILES string of the molecule is CN=C(NCc1ccc(C#N)cc1)NCC(c1cccc(OC)c1)N1CCCC1. The number of likely N-dealkylation sites (tertiary alicyclic amines) is 1. The van der Waals surface area contributed by atoms with Crippen molar-refractivity contribution in [3.63, 3.8) is 0 Å². The lowest BCUT2D eigenvalue weighted by atomic mass is 10.1. The molecular formula is C23H29N5O. The van der Waals surface area contributed by atoms with E-state index in [1.54, 1.807) is 14.2 Å². The van der Waals surface area contributed by atoms with Crippen LogP contribution in [0.15, 0.2) is 53.5 Å². The van der Waals surface area contributed by atoms with Crippen molar-refractivity contribution < 1.29 is 4.74 Å². The molecule has 1 atom stereocenters. The fourth-order valence-corrected chi connectivity index (χ4v) is 3.66. The summed E-state index contributed by atoms with van der Waals surface area (Å²) in [5.41, 5.74) is 3.03. The van der Waals surface area contributed by atoms with E-state index >= 15 is 0 Å². The average molecular weight is 392 g/mol. The molecule has 2 N–H and O–H groups in total. The Morgan fingerprint density at radius 3 is 2.59 bits per heavy atom. The number of ether oxygens (including phenoxy) is 1. The van der Waals surface area contributed by atoms with Crippen LogP contribution in [0.4, 0.5) is 0 Å². The molecule has 2 aromatic carbocycles. The highest BCUT2D eigenvalue weighted by atomic mass is 16.5. The first-order valence-electron chi connectivity index (χ1n) is 10.0. The molecule has 2 aromatic rings. The fourth-order valence-electron chi connectivity index (χ4n) is 3.66. The normalized spacial score (nSPS) is 15.6. The first-order chi connectivity index (χ1) is 14.2. The number of benzene rings is 2. The summed E-state index contributed by atoms with van der Waals surface area (Å²) in [5, 5.41) is 15.8. The van der Waals surface area contributed by atoms with Crippen LogP contribution in [0.2, 0.25) is 0 Å². The van der Waals surface area contributed by atoms with E-state index in [-0.39, 0.29) is 6.04 Å². The standard InChI is InChI=1S/C23H29N5O/c1-25-23(26-16-19-10-8-18(15-24)9-11-19)27-17-22(28-12-3-4-13-28)20-6-5-7-21(14-20)29-2/h5-11,14,22H,3-4,12-13,16-17H2,1-2H3,(H2,25,26,27). The molecular weight excluding hydrogens is 362 g/mol. The molecule has 3 rings (SSSR count). The van der Waals surface area contributed by atoms with Crippen molar-refractivity contribution in [2.45, 2.75) is 25.4 Å². The Morgan fingerprint density at radius 1 is 1.17 bits per heavy atom. The Hall–Kier alpha value is -3.04. The molecule has 0 saturated carbocycles. The monoisotopic (exact) mass is 391 g/mol. The van der Waals surface area contributed by atoms with Gasteiger partial charge in [-0.3, -0.25) is 9.89 Å². The zero-order chi connectivity index (χ0) is 20.5. The zero-order valence-corrected chi connectivity index (χ0v) is 17.2. The predicted octanol–water partition coefficient (Wildman–Crippen LogP) is 3.07. The fraction of sp³-hybridized carbons (Fsp3) is 0.391. The minimum absolute atomic E-state index is 0.265. The summed E-state index contributed by atoms with van der Waals surface area (Å²) < 4.78 is 5.42. The van der Waals surface area contributed by atoms with Crippen LogP contribution in [0.25, 0.3) is 0 Å². The van der Waals surface area contributed by atoms with Crippen LogP contribution in [-0.4, -0.2) is 44.7 Å². The van der Waals surface area contributed by atoms with Crippen molar-refractivity contribution in [3.05, 3.63) is 65.2 Å². The molecule has 1 aliphatic heterocycles. The molecule has 0 radical (unpaired) electrons. The van der Waals surface area contributed by atoms with Crippen molar-refractivity contribution in [1.82, 2.24) is 15.5 Å². The second-order valence-electron chi connectivity index (χ2n) is 7.15. The van der Waals surface area contributed by atoms with Gasteiger partial charge in [0.2, 0.25) is 0 Å². The van der Waals surface area contributed by atoms with E-state index in [4.69, 9.17) is 10.00 Å². The predicted molar refractivity (Wildman–Crippen MR) is 116 cm³/mol. The molecule has 0 aromatic heterocycles. The van der Waals surface area contributed by atoms with Gasteiger partial charge in [-0.15, -0.1) is 0 Å². The molecule has 6 nitrogen and oxygen atoms in total. The molecule has 1 unspecified atom stereocenters. The second kappa shape index (κ2) is 10.5. The van der Waals surface area contributed by atoms with Gasteiger partial charge < -0.3 is 15.4 Å². The number of rotatable bonds is 7. The van der Waals surface area contributed by atoms with Crippen molar-refractivity contribution in [1.29, 1.82) is 5.26 Å². The Morgan fingerprint density at radius 2 is 1.93 bits per heavy atom. The lowest BCUT2D eigenvalue weighted by Crippen LogP contribution is -2.42. The van der Waals surface area contributed by atoms with Gasteiger partial charge in [0, 0.05) is 20.1 Å². The third-order valence-electron chi connectivity index (χ3n) is 5.29.